The predicted molar refractivity (Wildman–Crippen MR) is 70.3 cm³/mol. The van der Waals surface area contributed by atoms with Crippen LogP contribution in [0.3, 0.4) is 0 Å². The van der Waals surface area contributed by atoms with Gasteiger partial charge in [0.25, 0.3) is 5.91 Å². The second-order valence-corrected chi connectivity index (χ2v) is 4.66. The first-order chi connectivity index (χ1) is 8.79. The third-order valence-corrected chi connectivity index (χ3v) is 3.41. The molecule has 4 heteroatoms. The molecule has 1 heterocycles. The molecule has 1 aromatic rings. The van der Waals surface area contributed by atoms with Gasteiger partial charge in [-0.25, -0.2) is 0 Å². The molecule has 0 saturated carbocycles. The molecular formula is C14H20N2O2. The molecule has 0 atom stereocenters. The number of nitrogens with two attached hydrogens (primary N) is 1. The van der Waals surface area contributed by atoms with Gasteiger partial charge in [-0.2, -0.15) is 0 Å². The van der Waals surface area contributed by atoms with Gasteiger partial charge in [-0.1, -0.05) is 18.2 Å². The molecule has 0 aromatic heterocycles. The Morgan fingerprint density at radius 2 is 1.94 bits per heavy atom. The molecule has 1 amide bonds. The fourth-order valence-electron chi connectivity index (χ4n) is 2.17. The van der Waals surface area contributed by atoms with Crippen LogP contribution in [-0.2, 0) is 4.79 Å². The maximum Gasteiger partial charge on any atom is 0.260 e. The summed E-state index contributed by atoms with van der Waals surface area (Å²) in [5.41, 5.74) is 5.63. The molecule has 2 N–H and O–H groups in total. The van der Waals surface area contributed by atoms with Crippen molar-refractivity contribution in [1.82, 2.24) is 4.90 Å². The molecule has 18 heavy (non-hydrogen) atoms. The Morgan fingerprint density at radius 1 is 1.28 bits per heavy atom. The highest BCUT2D eigenvalue weighted by Gasteiger charge is 2.21. The number of hydrogen-bond acceptors (Lipinski definition) is 3. The smallest absolute Gasteiger partial charge is 0.260 e. The first kappa shape index (κ1) is 12.9. The summed E-state index contributed by atoms with van der Waals surface area (Å²) in [6.07, 6.45) is 2.02. The van der Waals surface area contributed by atoms with Gasteiger partial charge in [0.2, 0.25) is 0 Å². The Balaban J connectivity index is 1.75. The third kappa shape index (κ3) is 3.47. The summed E-state index contributed by atoms with van der Waals surface area (Å²) in [5, 5.41) is 0. The lowest BCUT2D eigenvalue weighted by Gasteiger charge is -2.31. The number of benzene rings is 1. The van der Waals surface area contributed by atoms with Gasteiger partial charge in [0, 0.05) is 13.1 Å². The van der Waals surface area contributed by atoms with Crippen molar-refractivity contribution in [1.29, 1.82) is 0 Å². The number of ether oxygens (including phenoxy) is 1. The van der Waals surface area contributed by atoms with Gasteiger partial charge in [-0.15, -0.1) is 0 Å². The molecule has 1 aliphatic rings. The quantitative estimate of drug-likeness (QED) is 0.873. The number of para-hydroxylation sites is 1. The van der Waals surface area contributed by atoms with Gasteiger partial charge in [0.1, 0.15) is 5.75 Å². The normalized spacial score (nSPS) is 16.6. The SMILES string of the molecule is NCC1CCN(C(=O)COc2ccccc2)CC1. The van der Waals surface area contributed by atoms with Crippen LogP contribution in [0, 0.1) is 5.92 Å². The number of carbonyl (C=O) groups excluding carboxylic acids is 1. The van der Waals surface area contributed by atoms with Crippen molar-refractivity contribution in [2.24, 2.45) is 11.7 Å². The molecule has 98 valence electrons. The minimum absolute atomic E-state index is 0.0642. The van der Waals surface area contributed by atoms with Crippen molar-refractivity contribution >= 4 is 5.91 Å². The molecule has 4 nitrogen and oxygen atoms in total. The van der Waals surface area contributed by atoms with Crippen LogP contribution in [0.25, 0.3) is 0 Å². The Kier molecular flexibility index (Phi) is 4.59. The average molecular weight is 248 g/mol. The second kappa shape index (κ2) is 6.40. The fraction of sp³-hybridized carbons (Fsp3) is 0.500. The highest BCUT2D eigenvalue weighted by Crippen LogP contribution is 2.16. The third-order valence-electron chi connectivity index (χ3n) is 3.41. The molecule has 2 rings (SSSR count). The summed E-state index contributed by atoms with van der Waals surface area (Å²) in [6, 6.07) is 9.42. The van der Waals surface area contributed by atoms with E-state index in [4.69, 9.17) is 10.5 Å². The number of amides is 1. The minimum atomic E-state index is 0.0642. The molecule has 0 spiro atoms. The fourth-order valence-corrected chi connectivity index (χ4v) is 2.17. The Hall–Kier alpha value is -1.55. The van der Waals surface area contributed by atoms with Crippen molar-refractivity contribution < 1.29 is 9.53 Å². The van der Waals surface area contributed by atoms with Crippen molar-refractivity contribution in [3.05, 3.63) is 30.3 Å². The van der Waals surface area contributed by atoms with E-state index in [1.165, 1.54) is 0 Å². The van der Waals surface area contributed by atoms with Crippen LogP contribution in [-0.4, -0.2) is 37.0 Å². The number of piperidine rings is 1. The monoisotopic (exact) mass is 248 g/mol. The summed E-state index contributed by atoms with van der Waals surface area (Å²) >= 11 is 0. The maximum absolute atomic E-state index is 11.9. The zero-order chi connectivity index (χ0) is 12.8. The Bertz CT molecular complexity index is 373. The molecule has 1 aliphatic heterocycles. The number of rotatable bonds is 4. The minimum Gasteiger partial charge on any atom is -0.484 e. The van der Waals surface area contributed by atoms with Gasteiger partial charge in [0.05, 0.1) is 0 Å². The molecule has 1 saturated heterocycles. The van der Waals surface area contributed by atoms with Crippen LogP contribution in [0.2, 0.25) is 0 Å². The standard InChI is InChI=1S/C14H20N2O2/c15-10-12-6-8-16(9-7-12)14(17)11-18-13-4-2-1-3-5-13/h1-5,12H,6-11,15H2. The summed E-state index contributed by atoms with van der Waals surface area (Å²) in [7, 11) is 0. The molecule has 0 radical (unpaired) electrons. The first-order valence-electron chi connectivity index (χ1n) is 6.45. The van der Waals surface area contributed by atoms with Crippen LogP contribution >= 0.6 is 0 Å². The van der Waals surface area contributed by atoms with Gasteiger partial charge in [-0.3, -0.25) is 4.79 Å². The molecule has 1 fully saturated rings. The van der Waals surface area contributed by atoms with E-state index in [1.807, 2.05) is 35.2 Å². The van der Waals surface area contributed by atoms with Crippen LogP contribution in [0.4, 0.5) is 0 Å². The molecule has 0 aliphatic carbocycles. The van der Waals surface area contributed by atoms with E-state index in [0.29, 0.717) is 5.92 Å². The largest absolute Gasteiger partial charge is 0.484 e. The van der Waals surface area contributed by atoms with E-state index in [2.05, 4.69) is 0 Å². The number of carbonyl (C=O) groups is 1. The van der Waals surface area contributed by atoms with Crippen molar-refractivity contribution in [3.63, 3.8) is 0 Å². The Morgan fingerprint density at radius 3 is 2.56 bits per heavy atom. The lowest BCUT2D eigenvalue weighted by atomic mass is 9.97. The number of likely N-dealkylation sites (tertiary alicyclic amines) is 1. The van der Waals surface area contributed by atoms with Crippen LogP contribution in [0.1, 0.15) is 12.8 Å². The van der Waals surface area contributed by atoms with E-state index in [0.717, 1.165) is 38.2 Å². The van der Waals surface area contributed by atoms with E-state index in [-0.39, 0.29) is 12.5 Å². The van der Waals surface area contributed by atoms with Gasteiger partial charge in [0.15, 0.2) is 6.61 Å². The molecule has 0 unspecified atom stereocenters. The maximum atomic E-state index is 11.9. The average Bonchev–Trinajstić information content (AvgIpc) is 2.46. The van der Waals surface area contributed by atoms with Gasteiger partial charge >= 0.3 is 0 Å². The van der Waals surface area contributed by atoms with Crippen LogP contribution in [0.15, 0.2) is 30.3 Å². The summed E-state index contributed by atoms with van der Waals surface area (Å²) in [5.74, 6) is 1.38. The van der Waals surface area contributed by atoms with Gasteiger partial charge in [-0.05, 0) is 37.4 Å². The van der Waals surface area contributed by atoms with Crippen molar-refractivity contribution in [3.8, 4) is 5.75 Å². The number of nitrogens with zero attached hydrogens (tertiary/aromatic N) is 1. The van der Waals surface area contributed by atoms with Crippen LogP contribution in [0.5, 0.6) is 5.75 Å². The number of hydrogen-bond donors (Lipinski definition) is 1. The van der Waals surface area contributed by atoms with Crippen LogP contribution < -0.4 is 10.5 Å². The second-order valence-electron chi connectivity index (χ2n) is 4.66. The Labute approximate surface area is 108 Å². The summed E-state index contributed by atoms with van der Waals surface area (Å²) < 4.78 is 5.46. The predicted octanol–water partition coefficient (Wildman–Crippen LogP) is 1.26. The van der Waals surface area contributed by atoms with E-state index in [1.54, 1.807) is 0 Å². The van der Waals surface area contributed by atoms with Crippen molar-refractivity contribution in [2.75, 3.05) is 26.2 Å². The van der Waals surface area contributed by atoms with Gasteiger partial charge < -0.3 is 15.4 Å². The highest BCUT2D eigenvalue weighted by atomic mass is 16.5. The molecular weight excluding hydrogens is 228 g/mol. The van der Waals surface area contributed by atoms with E-state index in [9.17, 15) is 4.79 Å². The summed E-state index contributed by atoms with van der Waals surface area (Å²) in [6.45, 7) is 2.46. The molecule has 1 aromatic carbocycles. The molecule has 0 bridgehead atoms. The first-order valence-corrected chi connectivity index (χ1v) is 6.45. The zero-order valence-electron chi connectivity index (χ0n) is 10.5. The lowest BCUT2D eigenvalue weighted by molar-refractivity contribution is -0.134. The summed E-state index contributed by atoms with van der Waals surface area (Å²) in [4.78, 5) is 13.8. The van der Waals surface area contributed by atoms with E-state index >= 15 is 0 Å². The highest BCUT2D eigenvalue weighted by molar-refractivity contribution is 5.77. The topological polar surface area (TPSA) is 55.6 Å². The van der Waals surface area contributed by atoms with Crippen molar-refractivity contribution in [2.45, 2.75) is 12.8 Å². The zero-order valence-corrected chi connectivity index (χ0v) is 10.5. The lowest BCUT2D eigenvalue weighted by Crippen LogP contribution is -2.42. The van der Waals surface area contributed by atoms with E-state index < -0.39 is 0 Å².